The highest BCUT2D eigenvalue weighted by atomic mass is 32.1. The molecular formula is C61H74N12O9S2. The number of nitrogens with two attached hydrogens (primary N) is 3. The Kier molecular flexibility index (Phi) is 22.8. The molecule has 7 aromatic rings. The third kappa shape index (κ3) is 17.1. The first-order valence-corrected chi connectivity index (χ1v) is 29.1. The van der Waals surface area contributed by atoms with Crippen molar-refractivity contribution < 1.29 is 43.5 Å². The van der Waals surface area contributed by atoms with Gasteiger partial charge in [-0.05, 0) is 95.4 Å². The number of H-pyrrole nitrogens is 2. The van der Waals surface area contributed by atoms with E-state index in [1.165, 1.54) is 12.1 Å². The summed E-state index contributed by atoms with van der Waals surface area (Å²) in [5.41, 5.74) is 22.3. The molecule has 0 bridgehead atoms. The Balaban J connectivity index is 1.08. The van der Waals surface area contributed by atoms with Crippen LogP contribution in [0.3, 0.4) is 0 Å². The Hall–Kier alpha value is -8.38. The van der Waals surface area contributed by atoms with E-state index in [9.17, 15) is 43.5 Å². The summed E-state index contributed by atoms with van der Waals surface area (Å²) in [5.74, 6) is -7.00. The number of para-hydroxylation sites is 2. The molecule has 8 atom stereocenters. The number of unbranched alkanes of at least 4 members (excludes halogenated alkanes) is 1. The fourth-order valence-electron chi connectivity index (χ4n) is 9.83. The van der Waals surface area contributed by atoms with E-state index in [2.05, 4.69) is 72.4 Å². The molecule has 0 saturated heterocycles. The Morgan fingerprint density at radius 1 is 0.500 bits per heavy atom. The van der Waals surface area contributed by atoms with Crippen molar-refractivity contribution in [2.75, 3.05) is 18.1 Å². The quantitative estimate of drug-likeness (QED) is 0.0229. The molecule has 21 nitrogen and oxygen atoms in total. The molecule has 0 radical (unpaired) electrons. The second kappa shape index (κ2) is 30.3. The first kappa shape index (κ1) is 63.2. The van der Waals surface area contributed by atoms with Crippen LogP contribution in [0.2, 0.25) is 0 Å². The molecular weight excluding hydrogens is 1110 g/mol. The number of rotatable bonds is 30. The number of amides is 8. The summed E-state index contributed by atoms with van der Waals surface area (Å²) in [6.07, 6.45) is 4.35. The van der Waals surface area contributed by atoms with Gasteiger partial charge in [0.15, 0.2) is 0 Å². The molecule has 23 heteroatoms. The molecule has 0 fully saturated rings. The average Bonchev–Trinajstić information content (AvgIpc) is 4.27. The Labute approximate surface area is 497 Å². The molecule has 2 aromatic heterocycles. The summed E-state index contributed by atoms with van der Waals surface area (Å²) in [6.45, 7) is 3.64. The summed E-state index contributed by atoms with van der Waals surface area (Å²) in [7, 11) is 0. The van der Waals surface area contributed by atoms with Gasteiger partial charge in [-0.15, -0.1) is 0 Å². The lowest BCUT2D eigenvalue weighted by Gasteiger charge is -2.29. The van der Waals surface area contributed by atoms with Gasteiger partial charge >= 0.3 is 0 Å². The average molecular weight is 1180 g/mol. The number of phenolic OH excluding ortho intramolecular Hbond substituents is 1. The number of primary amides is 1. The van der Waals surface area contributed by atoms with E-state index in [4.69, 9.17) is 17.2 Å². The number of aromatic hydroxyl groups is 1. The number of hydrogen-bond donors (Lipinski definition) is 15. The molecule has 84 heavy (non-hydrogen) atoms. The molecule has 5 aromatic carbocycles. The van der Waals surface area contributed by atoms with Gasteiger partial charge in [0.1, 0.15) is 48.0 Å². The lowest BCUT2D eigenvalue weighted by atomic mass is 9.99. The van der Waals surface area contributed by atoms with Gasteiger partial charge in [0, 0.05) is 65.0 Å². The van der Waals surface area contributed by atoms with E-state index in [1.54, 1.807) is 38.4 Å². The van der Waals surface area contributed by atoms with Crippen molar-refractivity contribution in [2.24, 2.45) is 23.1 Å². The van der Waals surface area contributed by atoms with Gasteiger partial charge < -0.3 is 69.5 Å². The number of hydrogen-bond acceptors (Lipinski definition) is 13. The number of carbonyl (C=O) groups excluding carboxylic acids is 8. The van der Waals surface area contributed by atoms with Crippen LogP contribution >= 0.6 is 25.3 Å². The van der Waals surface area contributed by atoms with Crippen LogP contribution in [0.5, 0.6) is 5.75 Å². The maximum absolute atomic E-state index is 14.9. The molecule has 0 spiro atoms. The standard InChI is InChI=1S/C61H74N12O9S2/c1-34(2)53(61(82)72-52(33-84)59(80)68-48(54(64)75)27-36-18-21-37-11-3-4-12-38(37)25-36)73-56(77)47(17-9-10-24-62)67-58(79)50(29-40-31-66-46-16-8-6-14-43(40)46)70-57(78)49(26-35-19-22-41(74)23-20-35)69-60(81)51(32-83)71-55(76)44(63)28-39-30-65-45-15-7-5-13-42(39)45/h3-8,11-16,18-23,25,30-31,34,44,47-53,65-66,74,83-84H,9-10,17,24,26-29,32-33,62-63H2,1-2H3,(H2,64,75)(H,67,79)(H,68,80)(H,69,81)(H,70,78)(H,71,76)(H,72,82)(H,73,77)/t44-,47-,48+,49-,50+,51+,52-,53-/m0/s1. The van der Waals surface area contributed by atoms with Crippen molar-refractivity contribution in [1.29, 1.82) is 0 Å². The van der Waals surface area contributed by atoms with Crippen molar-refractivity contribution in [2.45, 2.75) is 107 Å². The molecule has 0 unspecified atom stereocenters. The Bertz CT molecular complexity index is 3440. The lowest BCUT2D eigenvalue weighted by Crippen LogP contribution is -2.61. The smallest absolute Gasteiger partial charge is 0.244 e. The SMILES string of the molecule is CC(C)[C@H](NC(=O)[C@H](CCCCN)NC(=O)[C@@H](Cc1c[nH]c2ccccc12)NC(=O)[C@H](Cc1ccc(O)cc1)NC(=O)[C@@H](CS)NC(=O)[C@@H](N)Cc1c[nH]c2ccccc12)C(=O)N[C@@H](CS)C(=O)N[C@H](Cc1ccc2ccccc2c1)C(N)=O. The maximum atomic E-state index is 14.9. The number of aromatic nitrogens is 2. The number of benzene rings is 5. The van der Waals surface area contributed by atoms with Crippen LogP contribution in [0.15, 0.2) is 128 Å². The van der Waals surface area contributed by atoms with Crippen molar-refractivity contribution in [3.05, 3.63) is 150 Å². The normalized spacial score (nSPS) is 14.3. The Morgan fingerprint density at radius 3 is 1.54 bits per heavy atom. The molecule has 0 aliphatic carbocycles. The first-order valence-electron chi connectivity index (χ1n) is 27.8. The molecule has 8 amide bonds. The monoisotopic (exact) mass is 1180 g/mol. The summed E-state index contributed by atoms with van der Waals surface area (Å²) in [4.78, 5) is 119. The van der Waals surface area contributed by atoms with Crippen LogP contribution in [0.1, 0.15) is 55.4 Å². The number of fused-ring (bicyclic) bond motifs is 3. The number of phenols is 1. The van der Waals surface area contributed by atoms with Crippen LogP contribution in [0.25, 0.3) is 32.6 Å². The van der Waals surface area contributed by atoms with Gasteiger partial charge in [0.2, 0.25) is 47.3 Å². The van der Waals surface area contributed by atoms with Crippen molar-refractivity contribution in [3.8, 4) is 5.75 Å². The second-order valence-corrected chi connectivity index (χ2v) is 21.9. The van der Waals surface area contributed by atoms with E-state index >= 15 is 0 Å². The fourth-order valence-corrected chi connectivity index (χ4v) is 10.3. The van der Waals surface area contributed by atoms with Gasteiger partial charge in [-0.3, -0.25) is 38.4 Å². The number of thiol groups is 2. The molecule has 0 aliphatic rings. The zero-order chi connectivity index (χ0) is 60.5. The third-order valence-electron chi connectivity index (χ3n) is 14.6. The summed E-state index contributed by atoms with van der Waals surface area (Å²) in [5, 5.41) is 32.8. The van der Waals surface area contributed by atoms with Gasteiger partial charge in [-0.25, -0.2) is 0 Å². The first-order chi connectivity index (χ1) is 40.3. The minimum absolute atomic E-state index is 0.0419. The number of aromatic amines is 2. The van der Waals surface area contributed by atoms with Crippen LogP contribution < -0.4 is 54.4 Å². The molecule has 2 heterocycles. The van der Waals surface area contributed by atoms with Gasteiger partial charge in [-0.2, -0.15) is 25.3 Å². The van der Waals surface area contributed by atoms with Crippen molar-refractivity contribution >= 4 is 105 Å². The Morgan fingerprint density at radius 2 is 0.964 bits per heavy atom. The summed E-state index contributed by atoms with van der Waals surface area (Å²) < 4.78 is 0. The van der Waals surface area contributed by atoms with Crippen LogP contribution in [-0.4, -0.2) is 129 Å². The van der Waals surface area contributed by atoms with Gasteiger partial charge in [-0.1, -0.05) is 105 Å². The highest BCUT2D eigenvalue weighted by Crippen LogP contribution is 2.22. The molecule has 0 aliphatic heterocycles. The van der Waals surface area contributed by atoms with E-state index < -0.39 is 102 Å². The van der Waals surface area contributed by atoms with Crippen molar-refractivity contribution in [3.63, 3.8) is 0 Å². The molecule has 0 saturated carbocycles. The van der Waals surface area contributed by atoms with Crippen LogP contribution in [0, 0.1) is 5.92 Å². The number of nitrogens with one attached hydrogen (secondary N) is 9. The molecule has 444 valence electrons. The van der Waals surface area contributed by atoms with E-state index in [1.807, 2.05) is 91.0 Å². The van der Waals surface area contributed by atoms with Gasteiger partial charge in [0.05, 0.1) is 6.04 Å². The third-order valence-corrected chi connectivity index (χ3v) is 15.3. The van der Waals surface area contributed by atoms with E-state index in [-0.39, 0.29) is 55.9 Å². The predicted molar refractivity (Wildman–Crippen MR) is 330 cm³/mol. The summed E-state index contributed by atoms with van der Waals surface area (Å²) >= 11 is 8.70. The van der Waals surface area contributed by atoms with E-state index in [0.717, 1.165) is 43.7 Å². The van der Waals surface area contributed by atoms with Crippen LogP contribution in [0.4, 0.5) is 0 Å². The minimum Gasteiger partial charge on any atom is -0.508 e. The topological polar surface area (TPSA) is 351 Å². The zero-order valence-corrected chi connectivity index (χ0v) is 48.5. The largest absolute Gasteiger partial charge is 0.508 e. The fraction of sp³-hybridized carbons (Fsp3) is 0.344. The molecule has 16 N–H and O–H groups in total. The lowest BCUT2D eigenvalue weighted by molar-refractivity contribution is -0.136. The maximum Gasteiger partial charge on any atom is 0.244 e. The second-order valence-electron chi connectivity index (χ2n) is 21.1. The van der Waals surface area contributed by atoms with Crippen LogP contribution in [-0.2, 0) is 64.0 Å². The van der Waals surface area contributed by atoms with E-state index in [0.29, 0.717) is 24.0 Å². The zero-order valence-electron chi connectivity index (χ0n) is 46.7. The highest BCUT2D eigenvalue weighted by molar-refractivity contribution is 7.80. The summed E-state index contributed by atoms with van der Waals surface area (Å²) in [6, 6.07) is 24.1. The predicted octanol–water partition coefficient (Wildman–Crippen LogP) is 2.63. The molecule has 7 rings (SSSR count). The van der Waals surface area contributed by atoms with Crippen molar-refractivity contribution in [1.82, 2.24) is 47.2 Å². The minimum atomic E-state index is -1.40. The van der Waals surface area contributed by atoms with Gasteiger partial charge in [0.25, 0.3) is 0 Å². The number of carbonyl (C=O) groups is 8. The highest BCUT2D eigenvalue weighted by Gasteiger charge is 2.35.